The van der Waals surface area contributed by atoms with Crippen molar-refractivity contribution < 1.29 is 14.3 Å². The van der Waals surface area contributed by atoms with E-state index < -0.39 is 6.10 Å². The zero-order chi connectivity index (χ0) is 19.4. The van der Waals surface area contributed by atoms with Crippen molar-refractivity contribution in [2.75, 3.05) is 19.6 Å². The molecular weight excluding hydrogens is 343 g/mol. The zero-order valence-corrected chi connectivity index (χ0v) is 16.7. The topological polar surface area (TPSA) is 43.8 Å². The molecule has 1 N–H and O–H groups in total. The molecule has 0 saturated carbocycles. The Morgan fingerprint density at radius 1 is 1.11 bits per heavy atom. The van der Waals surface area contributed by atoms with E-state index in [0.717, 1.165) is 50.9 Å². The molecule has 2 heterocycles. The molecule has 2 aliphatic heterocycles. The van der Waals surface area contributed by atoms with Gasteiger partial charge in [0, 0.05) is 25.2 Å². The van der Waals surface area contributed by atoms with Crippen LogP contribution in [0.4, 0.5) is 4.39 Å². The van der Waals surface area contributed by atoms with Crippen LogP contribution in [0, 0.1) is 11.7 Å². The summed E-state index contributed by atoms with van der Waals surface area (Å²) in [6.07, 6.45) is 4.98. The zero-order valence-electron chi connectivity index (χ0n) is 16.7. The molecule has 27 heavy (non-hydrogen) atoms. The number of hydrogen-bond donors (Lipinski definition) is 1. The Kier molecular flexibility index (Phi) is 6.53. The molecule has 1 amide bonds. The van der Waals surface area contributed by atoms with Crippen molar-refractivity contribution in [1.29, 1.82) is 0 Å². The van der Waals surface area contributed by atoms with Gasteiger partial charge in [-0.3, -0.25) is 9.69 Å². The van der Waals surface area contributed by atoms with E-state index in [1.165, 1.54) is 18.6 Å². The summed E-state index contributed by atoms with van der Waals surface area (Å²) in [6.45, 7) is 7.40. The normalized spacial score (nSPS) is 25.1. The Hall–Kier alpha value is -1.46. The second-order valence-electron chi connectivity index (χ2n) is 8.70. The Morgan fingerprint density at radius 2 is 1.78 bits per heavy atom. The van der Waals surface area contributed by atoms with Crippen molar-refractivity contribution in [3.8, 4) is 0 Å². The minimum Gasteiger partial charge on any atom is -0.383 e. The van der Waals surface area contributed by atoms with Gasteiger partial charge >= 0.3 is 0 Å². The first kappa shape index (κ1) is 20.3. The third-order valence-corrected chi connectivity index (χ3v) is 6.24. The molecule has 0 aliphatic carbocycles. The standard InChI is InChI=1S/C22H33FN2O2/c1-17(2)15-20(26)21(27)24-12-3-9-22(11-14-24)10-4-13-25(22)16-18-5-7-19(23)8-6-18/h5-8,17,20,26H,3-4,9-16H2,1-2H3/t20-,22+/m0/s1. The van der Waals surface area contributed by atoms with Gasteiger partial charge in [0.2, 0.25) is 0 Å². The maximum absolute atomic E-state index is 13.2. The second-order valence-corrected chi connectivity index (χ2v) is 8.70. The molecule has 2 aliphatic rings. The molecule has 3 rings (SSSR count). The quantitative estimate of drug-likeness (QED) is 0.854. The molecule has 5 heteroatoms. The van der Waals surface area contributed by atoms with Gasteiger partial charge in [0.05, 0.1) is 0 Å². The van der Waals surface area contributed by atoms with Crippen LogP contribution in [0.3, 0.4) is 0 Å². The number of rotatable bonds is 5. The average Bonchev–Trinajstić information content (AvgIpc) is 2.87. The third-order valence-electron chi connectivity index (χ3n) is 6.24. The Bertz CT molecular complexity index is 634. The van der Waals surface area contributed by atoms with E-state index in [1.807, 2.05) is 30.9 Å². The number of halogens is 1. The number of carbonyl (C=O) groups excluding carboxylic acids is 1. The number of amides is 1. The van der Waals surface area contributed by atoms with Gasteiger partial charge in [-0.05, 0) is 68.7 Å². The van der Waals surface area contributed by atoms with Crippen molar-refractivity contribution in [1.82, 2.24) is 9.80 Å². The lowest BCUT2D eigenvalue weighted by molar-refractivity contribution is -0.141. The van der Waals surface area contributed by atoms with E-state index in [2.05, 4.69) is 4.90 Å². The van der Waals surface area contributed by atoms with Gasteiger partial charge < -0.3 is 10.0 Å². The summed E-state index contributed by atoms with van der Waals surface area (Å²) in [7, 11) is 0. The molecule has 2 fully saturated rings. The van der Waals surface area contributed by atoms with Gasteiger partial charge in [0.25, 0.3) is 5.91 Å². The van der Waals surface area contributed by atoms with Crippen LogP contribution in [0.25, 0.3) is 0 Å². The van der Waals surface area contributed by atoms with Gasteiger partial charge in [-0.2, -0.15) is 0 Å². The predicted molar refractivity (Wildman–Crippen MR) is 105 cm³/mol. The van der Waals surface area contributed by atoms with Gasteiger partial charge in [0.1, 0.15) is 11.9 Å². The van der Waals surface area contributed by atoms with Crippen LogP contribution in [-0.2, 0) is 11.3 Å². The van der Waals surface area contributed by atoms with Crippen LogP contribution in [0.15, 0.2) is 24.3 Å². The molecule has 1 aromatic carbocycles. The molecule has 0 unspecified atom stereocenters. The largest absolute Gasteiger partial charge is 0.383 e. The minimum absolute atomic E-state index is 0.108. The molecule has 2 atom stereocenters. The SMILES string of the molecule is CC(C)C[C@H](O)C(=O)N1CCC[C@@]2(CCCN2Cc2ccc(F)cc2)CC1. The average molecular weight is 377 g/mol. The lowest BCUT2D eigenvalue weighted by Gasteiger charge is -2.38. The molecular formula is C22H33FN2O2. The summed E-state index contributed by atoms with van der Waals surface area (Å²) < 4.78 is 13.2. The molecule has 0 aromatic heterocycles. The number of likely N-dealkylation sites (tertiary alicyclic amines) is 2. The molecule has 4 nitrogen and oxygen atoms in total. The Labute approximate surface area is 162 Å². The van der Waals surface area contributed by atoms with Crippen LogP contribution >= 0.6 is 0 Å². The molecule has 0 radical (unpaired) electrons. The first-order valence-electron chi connectivity index (χ1n) is 10.4. The lowest BCUT2D eigenvalue weighted by atomic mass is 9.87. The van der Waals surface area contributed by atoms with Crippen LogP contribution < -0.4 is 0 Å². The van der Waals surface area contributed by atoms with Gasteiger partial charge in [0.15, 0.2) is 0 Å². The van der Waals surface area contributed by atoms with Crippen molar-refractivity contribution in [2.45, 2.75) is 70.6 Å². The highest BCUT2D eigenvalue weighted by atomic mass is 19.1. The fraction of sp³-hybridized carbons (Fsp3) is 0.682. The fourth-order valence-corrected chi connectivity index (χ4v) is 4.77. The summed E-state index contributed by atoms with van der Waals surface area (Å²) in [6, 6.07) is 6.80. The minimum atomic E-state index is -0.877. The number of carbonyl (C=O) groups is 1. The maximum Gasteiger partial charge on any atom is 0.251 e. The monoisotopic (exact) mass is 376 g/mol. The van der Waals surface area contributed by atoms with E-state index in [0.29, 0.717) is 18.9 Å². The smallest absolute Gasteiger partial charge is 0.251 e. The predicted octanol–water partition coefficient (Wildman–Crippen LogP) is 3.58. The first-order valence-corrected chi connectivity index (χ1v) is 10.4. The van der Waals surface area contributed by atoms with E-state index in [-0.39, 0.29) is 17.3 Å². The van der Waals surface area contributed by atoms with Crippen molar-refractivity contribution in [3.05, 3.63) is 35.6 Å². The molecule has 1 aromatic rings. The molecule has 150 valence electrons. The highest BCUT2D eigenvalue weighted by Gasteiger charge is 2.42. The van der Waals surface area contributed by atoms with Gasteiger partial charge in [-0.25, -0.2) is 4.39 Å². The third kappa shape index (κ3) is 4.88. The van der Waals surface area contributed by atoms with Crippen molar-refractivity contribution >= 4 is 5.91 Å². The highest BCUT2D eigenvalue weighted by molar-refractivity contribution is 5.80. The summed E-state index contributed by atoms with van der Waals surface area (Å²) in [4.78, 5) is 17.0. The number of aliphatic hydroxyl groups excluding tert-OH is 1. The van der Waals surface area contributed by atoms with Crippen molar-refractivity contribution in [3.63, 3.8) is 0 Å². The Balaban J connectivity index is 1.64. The maximum atomic E-state index is 13.2. The number of benzene rings is 1. The number of aliphatic hydroxyl groups is 1. The summed E-state index contributed by atoms with van der Waals surface area (Å²) in [5, 5.41) is 10.2. The van der Waals surface area contributed by atoms with Crippen molar-refractivity contribution in [2.24, 2.45) is 5.92 Å². The van der Waals surface area contributed by atoms with Gasteiger partial charge in [-0.1, -0.05) is 26.0 Å². The Morgan fingerprint density at radius 3 is 2.44 bits per heavy atom. The van der Waals surface area contributed by atoms with Crippen LogP contribution in [-0.4, -0.2) is 52.1 Å². The molecule has 1 spiro atoms. The fourth-order valence-electron chi connectivity index (χ4n) is 4.77. The second kappa shape index (κ2) is 8.70. The summed E-state index contributed by atoms with van der Waals surface area (Å²) in [5.74, 6) is 0.00518. The van der Waals surface area contributed by atoms with E-state index in [1.54, 1.807) is 0 Å². The van der Waals surface area contributed by atoms with E-state index >= 15 is 0 Å². The number of nitrogens with zero attached hydrogens (tertiary/aromatic N) is 2. The van der Waals surface area contributed by atoms with Crippen LogP contribution in [0.1, 0.15) is 57.9 Å². The number of hydrogen-bond acceptors (Lipinski definition) is 3. The summed E-state index contributed by atoms with van der Waals surface area (Å²) >= 11 is 0. The lowest BCUT2D eigenvalue weighted by Crippen LogP contribution is -2.45. The highest BCUT2D eigenvalue weighted by Crippen LogP contribution is 2.39. The van der Waals surface area contributed by atoms with E-state index in [4.69, 9.17) is 0 Å². The first-order chi connectivity index (χ1) is 12.9. The molecule has 2 saturated heterocycles. The van der Waals surface area contributed by atoms with Crippen LogP contribution in [0.2, 0.25) is 0 Å². The van der Waals surface area contributed by atoms with E-state index in [9.17, 15) is 14.3 Å². The molecule has 0 bridgehead atoms. The summed E-state index contributed by atoms with van der Waals surface area (Å²) in [5.41, 5.74) is 1.27. The van der Waals surface area contributed by atoms with Crippen LogP contribution in [0.5, 0.6) is 0 Å². The van der Waals surface area contributed by atoms with Gasteiger partial charge in [-0.15, -0.1) is 0 Å².